The number of carbonyl (C=O) groups excluding carboxylic acids is 2. The predicted octanol–water partition coefficient (Wildman–Crippen LogP) is 5.89. The highest BCUT2D eigenvalue weighted by molar-refractivity contribution is 5.96. The van der Waals surface area contributed by atoms with Gasteiger partial charge in [-0.25, -0.2) is 13.9 Å². The van der Waals surface area contributed by atoms with Crippen LogP contribution in [0.25, 0.3) is 5.69 Å². The van der Waals surface area contributed by atoms with Crippen LogP contribution in [-0.2, 0) is 10.2 Å². The highest BCUT2D eigenvalue weighted by Crippen LogP contribution is 2.26. The lowest BCUT2D eigenvalue weighted by Gasteiger charge is -2.22. The summed E-state index contributed by atoms with van der Waals surface area (Å²) in [5, 5.41) is 10.4. The van der Waals surface area contributed by atoms with E-state index in [9.17, 15) is 14.0 Å². The van der Waals surface area contributed by atoms with Crippen LogP contribution in [0.4, 0.5) is 20.7 Å². The summed E-state index contributed by atoms with van der Waals surface area (Å²) in [6, 6.07) is 14.9. The molecule has 0 saturated heterocycles. The largest absolute Gasteiger partial charge is 0.322 e. The summed E-state index contributed by atoms with van der Waals surface area (Å²) >= 11 is 0. The minimum Gasteiger partial charge on any atom is -0.315 e. The van der Waals surface area contributed by atoms with Gasteiger partial charge in [0.25, 0.3) is 0 Å². The second-order valence-corrected chi connectivity index (χ2v) is 9.68. The normalized spacial score (nSPS) is 11.3. The molecule has 0 radical (unpaired) electrons. The van der Waals surface area contributed by atoms with Crippen LogP contribution in [0.3, 0.4) is 0 Å². The van der Waals surface area contributed by atoms with Crippen molar-refractivity contribution in [1.82, 2.24) is 14.7 Å². The van der Waals surface area contributed by atoms with E-state index >= 15 is 0 Å². The fourth-order valence-electron chi connectivity index (χ4n) is 3.52. The third-order valence-corrected chi connectivity index (χ3v) is 5.47. The molecular formula is C27H34FN5O2. The minimum absolute atomic E-state index is 0.148. The number of carbonyl (C=O) groups is 2. The van der Waals surface area contributed by atoms with Gasteiger partial charge in [0.2, 0.25) is 5.91 Å². The highest BCUT2D eigenvalue weighted by Gasteiger charge is 2.23. The molecule has 1 aromatic heterocycles. The number of aryl methyl sites for hydroxylation is 1. The van der Waals surface area contributed by atoms with Crippen molar-refractivity contribution in [1.29, 1.82) is 0 Å². The van der Waals surface area contributed by atoms with Gasteiger partial charge in [-0.15, -0.1) is 0 Å². The lowest BCUT2D eigenvalue weighted by atomic mass is 9.92. The van der Waals surface area contributed by atoms with Crippen LogP contribution in [0.15, 0.2) is 54.6 Å². The lowest BCUT2D eigenvalue weighted by molar-refractivity contribution is -0.116. The first-order chi connectivity index (χ1) is 16.6. The van der Waals surface area contributed by atoms with Gasteiger partial charge in [0.05, 0.1) is 11.4 Å². The average molecular weight is 480 g/mol. The smallest absolute Gasteiger partial charge is 0.315 e. The maximum atomic E-state index is 13.5. The van der Waals surface area contributed by atoms with Crippen LogP contribution in [0.1, 0.15) is 51.8 Å². The molecule has 2 aromatic carbocycles. The highest BCUT2D eigenvalue weighted by atomic mass is 19.1. The van der Waals surface area contributed by atoms with E-state index in [0.717, 1.165) is 29.8 Å². The first-order valence-corrected chi connectivity index (χ1v) is 11.9. The van der Waals surface area contributed by atoms with Crippen molar-refractivity contribution < 1.29 is 14.0 Å². The summed E-state index contributed by atoms with van der Waals surface area (Å²) in [5.74, 6) is -0.254. The Morgan fingerprint density at radius 2 is 1.80 bits per heavy atom. The third-order valence-electron chi connectivity index (χ3n) is 5.47. The first-order valence-electron chi connectivity index (χ1n) is 11.9. The SMILES string of the molecule is CCCCN(CC(=O)Nc1cc(C(C)(C)C)nn1-c1cccc(C)c1)C(=O)Nc1cccc(F)c1. The van der Waals surface area contributed by atoms with Gasteiger partial charge in [0.15, 0.2) is 0 Å². The van der Waals surface area contributed by atoms with E-state index in [1.54, 1.807) is 10.7 Å². The molecule has 0 aliphatic heterocycles. The number of benzene rings is 2. The Kier molecular flexibility index (Phi) is 8.27. The molecule has 8 heteroatoms. The van der Waals surface area contributed by atoms with E-state index in [4.69, 9.17) is 5.10 Å². The fourth-order valence-corrected chi connectivity index (χ4v) is 3.52. The van der Waals surface area contributed by atoms with E-state index in [1.165, 1.54) is 23.1 Å². The van der Waals surface area contributed by atoms with Gasteiger partial charge in [-0.1, -0.05) is 52.3 Å². The molecule has 0 aliphatic carbocycles. The Bertz CT molecular complexity index is 1180. The Labute approximate surface area is 206 Å². The van der Waals surface area contributed by atoms with E-state index in [-0.39, 0.29) is 17.9 Å². The molecule has 0 saturated carbocycles. The second kappa shape index (κ2) is 11.2. The number of nitrogens with zero attached hydrogens (tertiary/aromatic N) is 3. The van der Waals surface area contributed by atoms with Crippen molar-refractivity contribution in [2.24, 2.45) is 0 Å². The van der Waals surface area contributed by atoms with Crippen LogP contribution in [0, 0.1) is 12.7 Å². The molecule has 0 unspecified atom stereocenters. The van der Waals surface area contributed by atoms with Crippen LogP contribution in [-0.4, -0.2) is 39.7 Å². The molecule has 2 N–H and O–H groups in total. The van der Waals surface area contributed by atoms with Crippen molar-refractivity contribution in [3.05, 3.63) is 71.7 Å². The monoisotopic (exact) mass is 479 g/mol. The Hall–Kier alpha value is -3.68. The maximum absolute atomic E-state index is 13.5. The van der Waals surface area contributed by atoms with Gasteiger partial charge in [-0.3, -0.25) is 4.79 Å². The van der Waals surface area contributed by atoms with E-state index in [2.05, 4.69) is 31.4 Å². The van der Waals surface area contributed by atoms with Gasteiger partial charge < -0.3 is 15.5 Å². The van der Waals surface area contributed by atoms with Gasteiger partial charge in [-0.05, 0) is 49.2 Å². The van der Waals surface area contributed by atoms with Crippen molar-refractivity contribution in [3.8, 4) is 5.69 Å². The molecule has 3 amide bonds. The molecule has 3 rings (SSSR count). The first kappa shape index (κ1) is 25.9. The topological polar surface area (TPSA) is 79.3 Å². The number of aromatic nitrogens is 2. The summed E-state index contributed by atoms with van der Waals surface area (Å²) < 4.78 is 15.2. The third kappa shape index (κ3) is 7.15. The summed E-state index contributed by atoms with van der Waals surface area (Å²) in [7, 11) is 0. The van der Waals surface area contributed by atoms with Crippen molar-refractivity contribution >= 4 is 23.4 Å². The Balaban J connectivity index is 1.81. The number of hydrogen-bond acceptors (Lipinski definition) is 3. The van der Waals surface area contributed by atoms with Gasteiger partial charge in [0, 0.05) is 23.7 Å². The van der Waals surface area contributed by atoms with Crippen LogP contribution in [0.5, 0.6) is 0 Å². The number of nitrogens with one attached hydrogen (secondary N) is 2. The molecule has 1 heterocycles. The predicted molar refractivity (Wildman–Crippen MR) is 138 cm³/mol. The van der Waals surface area contributed by atoms with E-state index < -0.39 is 11.8 Å². The van der Waals surface area contributed by atoms with Crippen LogP contribution < -0.4 is 10.6 Å². The zero-order valence-electron chi connectivity index (χ0n) is 21.1. The molecule has 0 atom stereocenters. The number of urea groups is 1. The molecule has 0 bridgehead atoms. The summed E-state index contributed by atoms with van der Waals surface area (Å²) in [4.78, 5) is 27.4. The minimum atomic E-state index is -0.457. The zero-order valence-corrected chi connectivity index (χ0v) is 21.1. The molecule has 0 aliphatic rings. The van der Waals surface area contributed by atoms with Crippen LogP contribution in [0.2, 0.25) is 0 Å². The van der Waals surface area contributed by atoms with Gasteiger partial charge >= 0.3 is 6.03 Å². The number of amides is 3. The van der Waals surface area contributed by atoms with E-state index in [1.807, 2.05) is 44.2 Å². The molecule has 186 valence electrons. The quantitative estimate of drug-likeness (QED) is 0.423. The molecule has 3 aromatic rings. The number of hydrogen-bond donors (Lipinski definition) is 2. The lowest BCUT2D eigenvalue weighted by Crippen LogP contribution is -2.41. The molecule has 35 heavy (non-hydrogen) atoms. The maximum Gasteiger partial charge on any atom is 0.322 e. The molecule has 0 spiro atoms. The Morgan fingerprint density at radius 1 is 1.06 bits per heavy atom. The summed E-state index contributed by atoms with van der Waals surface area (Å²) in [6.45, 7) is 10.4. The average Bonchev–Trinajstić information content (AvgIpc) is 3.21. The Morgan fingerprint density at radius 3 is 2.46 bits per heavy atom. The van der Waals surface area contributed by atoms with Crippen LogP contribution >= 0.6 is 0 Å². The number of anilines is 2. The van der Waals surface area contributed by atoms with Gasteiger partial charge in [-0.2, -0.15) is 5.10 Å². The molecule has 0 fully saturated rings. The number of rotatable bonds is 8. The standard InChI is InChI=1S/C27H34FN5O2/c1-6-7-14-32(26(35)29-21-12-9-11-20(28)16-21)18-25(34)30-24-17-23(27(3,4)5)31-33(24)22-13-8-10-19(2)15-22/h8-13,15-17H,6-7,14,18H2,1-5H3,(H,29,35)(H,30,34). The number of unbranched alkanes of at least 4 members (excludes halogenated alkanes) is 1. The van der Waals surface area contributed by atoms with Crippen molar-refractivity contribution in [3.63, 3.8) is 0 Å². The molecule has 7 nitrogen and oxygen atoms in total. The summed E-state index contributed by atoms with van der Waals surface area (Å²) in [6.07, 6.45) is 1.60. The van der Waals surface area contributed by atoms with Crippen molar-refractivity contribution in [2.45, 2.75) is 52.9 Å². The summed E-state index contributed by atoms with van der Waals surface area (Å²) in [5.41, 5.74) is 2.87. The number of halogens is 1. The molecular weight excluding hydrogens is 445 g/mol. The zero-order chi connectivity index (χ0) is 25.6. The second-order valence-electron chi connectivity index (χ2n) is 9.68. The van der Waals surface area contributed by atoms with Crippen molar-refractivity contribution in [2.75, 3.05) is 23.7 Å². The van der Waals surface area contributed by atoms with E-state index in [0.29, 0.717) is 18.1 Å². The fraction of sp³-hybridized carbons (Fsp3) is 0.370. The van der Waals surface area contributed by atoms with Gasteiger partial charge in [0.1, 0.15) is 18.2 Å².